The number of benzene rings is 2. The summed E-state index contributed by atoms with van der Waals surface area (Å²) in [5.41, 5.74) is 4.56. The van der Waals surface area contributed by atoms with Crippen LogP contribution in [-0.2, 0) is 6.54 Å². The van der Waals surface area contributed by atoms with E-state index in [1.807, 2.05) is 28.9 Å². The lowest BCUT2D eigenvalue weighted by atomic mass is 10.1. The van der Waals surface area contributed by atoms with Gasteiger partial charge in [0.15, 0.2) is 0 Å². The number of hydrogen-bond donors (Lipinski definition) is 0. The Kier molecular flexibility index (Phi) is 4.35. The van der Waals surface area contributed by atoms with Gasteiger partial charge in [0.2, 0.25) is 0 Å². The van der Waals surface area contributed by atoms with E-state index in [4.69, 9.17) is 5.10 Å². The zero-order valence-corrected chi connectivity index (χ0v) is 13.1. The molecule has 0 radical (unpaired) electrons. The number of hydrogen-bond acceptors (Lipinski definition) is 2. The standard InChI is InChI=1S/C19H21N3/c1-3-21(2)14-17-15-22(18-12-8-5-9-13-18)20-19(17)16-10-6-4-7-11-16/h4-13,15H,3,14H2,1-2H3. The molecule has 2 aromatic carbocycles. The van der Waals surface area contributed by atoms with E-state index in [0.29, 0.717) is 0 Å². The molecule has 0 saturated heterocycles. The third kappa shape index (κ3) is 3.10. The first-order chi connectivity index (χ1) is 10.8. The first-order valence-electron chi connectivity index (χ1n) is 7.66. The van der Waals surface area contributed by atoms with Gasteiger partial charge in [-0.2, -0.15) is 5.10 Å². The molecule has 0 atom stereocenters. The van der Waals surface area contributed by atoms with Gasteiger partial charge in [0.25, 0.3) is 0 Å². The zero-order chi connectivity index (χ0) is 15.4. The molecule has 0 fully saturated rings. The minimum atomic E-state index is 0.896. The van der Waals surface area contributed by atoms with Gasteiger partial charge in [-0.1, -0.05) is 55.5 Å². The van der Waals surface area contributed by atoms with Crippen molar-refractivity contribution >= 4 is 0 Å². The van der Waals surface area contributed by atoms with Crippen molar-refractivity contribution in [1.82, 2.24) is 14.7 Å². The van der Waals surface area contributed by atoms with Gasteiger partial charge in [-0.3, -0.25) is 0 Å². The molecule has 0 spiro atoms. The molecule has 0 N–H and O–H groups in total. The summed E-state index contributed by atoms with van der Waals surface area (Å²) in [6.45, 7) is 4.09. The maximum Gasteiger partial charge on any atom is 0.0972 e. The summed E-state index contributed by atoms with van der Waals surface area (Å²) in [7, 11) is 2.13. The van der Waals surface area contributed by atoms with Crippen LogP contribution in [0.1, 0.15) is 12.5 Å². The fourth-order valence-corrected chi connectivity index (χ4v) is 2.48. The minimum absolute atomic E-state index is 0.896. The highest BCUT2D eigenvalue weighted by atomic mass is 15.3. The summed E-state index contributed by atoms with van der Waals surface area (Å²) in [5, 5.41) is 4.83. The number of nitrogens with zero attached hydrogens (tertiary/aromatic N) is 3. The highest BCUT2D eigenvalue weighted by Crippen LogP contribution is 2.24. The molecule has 0 aliphatic carbocycles. The molecular weight excluding hydrogens is 270 g/mol. The van der Waals surface area contributed by atoms with Crippen LogP contribution in [0.15, 0.2) is 66.9 Å². The molecule has 0 amide bonds. The Labute approximate surface area is 131 Å². The topological polar surface area (TPSA) is 21.1 Å². The molecule has 0 bridgehead atoms. The van der Waals surface area contributed by atoms with E-state index in [0.717, 1.165) is 30.0 Å². The van der Waals surface area contributed by atoms with E-state index in [1.54, 1.807) is 0 Å². The summed E-state index contributed by atoms with van der Waals surface area (Å²) in [6.07, 6.45) is 2.14. The van der Waals surface area contributed by atoms with E-state index >= 15 is 0 Å². The smallest absolute Gasteiger partial charge is 0.0972 e. The van der Waals surface area contributed by atoms with Gasteiger partial charge in [-0.25, -0.2) is 4.68 Å². The average Bonchev–Trinajstić information content (AvgIpc) is 3.00. The third-order valence-corrected chi connectivity index (χ3v) is 3.84. The fraction of sp³-hybridized carbons (Fsp3) is 0.211. The van der Waals surface area contributed by atoms with Crippen LogP contribution in [0.5, 0.6) is 0 Å². The lowest BCUT2D eigenvalue weighted by Gasteiger charge is -2.13. The molecular formula is C19H21N3. The first-order valence-corrected chi connectivity index (χ1v) is 7.66. The van der Waals surface area contributed by atoms with Crippen LogP contribution in [0, 0.1) is 0 Å². The summed E-state index contributed by atoms with van der Waals surface area (Å²) < 4.78 is 1.97. The van der Waals surface area contributed by atoms with Crippen molar-refractivity contribution in [3.63, 3.8) is 0 Å². The molecule has 0 aliphatic rings. The number of rotatable bonds is 5. The summed E-state index contributed by atoms with van der Waals surface area (Å²) >= 11 is 0. The molecule has 1 heterocycles. The van der Waals surface area contributed by atoms with E-state index < -0.39 is 0 Å². The molecule has 0 saturated carbocycles. The lowest BCUT2D eigenvalue weighted by molar-refractivity contribution is 0.346. The van der Waals surface area contributed by atoms with Gasteiger partial charge in [0.05, 0.1) is 11.4 Å². The molecule has 0 unspecified atom stereocenters. The molecule has 112 valence electrons. The van der Waals surface area contributed by atoms with Gasteiger partial charge in [0.1, 0.15) is 0 Å². The van der Waals surface area contributed by atoms with Crippen molar-refractivity contribution < 1.29 is 0 Å². The van der Waals surface area contributed by atoms with E-state index in [-0.39, 0.29) is 0 Å². The Hall–Kier alpha value is -2.39. The molecule has 3 aromatic rings. The minimum Gasteiger partial charge on any atom is -0.302 e. The van der Waals surface area contributed by atoms with E-state index in [1.165, 1.54) is 5.56 Å². The second kappa shape index (κ2) is 6.58. The SMILES string of the molecule is CCN(C)Cc1cn(-c2ccccc2)nc1-c1ccccc1. The Bertz CT molecular complexity index is 717. The van der Waals surface area contributed by atoms with Crippen molar-refractivity contribution in [1.29, 1.82) is 0 Å². The molecule has 0 aliphatic heterocycles. The van der Waals surface area contributed by atoms with E-state index in [9.17, 15) is 0 Å². The summed E-state index contributed by atoms with van der Waals surface area (Å²) in [6, 6.07) is 20.7. The number of para-hydroxylation sites is 1. The van der Waals surface area contributed by atoms with Crippen molar-refractivity contribution in [2.75, 3.05) is 13.6 Å². The fourth-order valence-electron chi connectivity index (χ4n) is 2.48. The largest absolute Gasteiger partial charge is 0.302 e. The molecule has 3 rings (SSSR count). The second-order valence-corrected chi connectivity index (χ2v) is 5.48. The van der Waals surface area contributed by atoms with E-state index in [2.05, 4.69) is 61.5 Å². The van der Waals surface area contributed by atoms with Crippen molar-refractivity contribution in [3.8, 4) is 16.9 Å². The highest BCUT2D eigenvalue weighted by Gasteiger charge is 2.13. The van der Waals surface area contributed by atoms with Crippen molar-refractivity contribution in [3.05, 3.63) is 72.4 Å². The Morgan fingerprint density at radius 2 is 1.59 bits per heavy atom. The van der Waals surface area contributed by atoms with Gasteiger partial charge in [-0.15, -0.1) is 0 Å². The third-order valence-electron chi connectivity index (χ3n) is 3.84. The van der Waals surface area contributed by atoms with Gasteiger partial charge in [0, 0.05) is 23.9 Å². The number of aromatic nitrogens is 2. The van der Waals surface area contributed by atoms with Crippen molar-refractivity contribution in [2.24, 2.45) is 0 Å². The van der Waals surface area contributed by atoms with Crippen LogP contribution in [0.4, 0.5) is 0 Å². The van der Waals surface area contributed by atoms with Crippen LogP contribution in [0.3, 0.4) is 0 Å². The zero-order valence-electron chi connectivity index (χ0n) is 13.1. The Balaban J connectivity index is 2.05. The maximum absolute atomic E-state index is 4.83. The van der Waals surface area contributed by atoms with Crippen LogP contribution in [-0.4, -0.2) is 28.3 Å². The maximum atomic E-state index is 4.83. The molecule has 3 nitrogen and oxygen atoms in total. The van der Waals surface area contributed by atoms with Gasteiger partial charge in [-0.05, 0) is 25.7 Å². The predicted octanol–water partition coefficient (Wildman–Crippen LogP) is 3.99. The van der Waals surface area contributed by atoms with Crippen LogP contribution in [0.2, 0.25) is 0 Å². The van der Waals surface area contributed by atoms with Crippen LogP contribution in [0.25, 0.3) is 16.9 Å². The Morgan fingerprint density at radius 1 is 0.955 bits per heavy atom. The average molecular weight is 291 g/mol. The quantitative estimate of drug-likeness (QED) is 0.708. The Morgan fingerprint density at radius 3 is 2.23 bits per heavy atom. The molecule has 3 heteroatoms. The lowest BCUT2D eigenvalue weighted by Crippen LogP contribution is -2.16. The first kappa shape index (κ1) is 14.5. The molecule has 1 aromatic heterocycles. The van der Waals surface area contributed by atoms with Crippen molar-refractivity contribution in [2.45, 2.75) is 13.5 Å². The van der Waals surface area contributed by atoms with Crippen LogP contribution >= 0.6 is 0 Å². The van der Waals surface area contributed by atoms with Gasteiger partial charge >= 0.3 is 0 Å². The normalized spacial score (nSPS) is 11.0. The van der Waals surface area contributed by atoms with Gasteiger partial charge < -0.3 is 4.90 Å². The van der Waals surface area contributed by atoms with Crippen LogP contribution < -0.4 is 0 Å². The predicted molar refractivity (Wildman–Crippen MR) is 91.0 cm³/mol. The second-order valence-electron chi connectivity index (χ2n) is 5.48. The summed E-state index contributed by atoms with van der Waals surface area (Å²) in [5.74, 6) is 0. The highest BCUT2D eigenvalue weighted by molar-refractivity contribution is 5.63. The summed E-state index contributed by atoms with van der Waals surface area (Å²) in [4.78, 5) is 2.29. The molecule has 22 heavy (non-hydrogen) atoms. The monoisotopic (exact) mass is 291 g/mol.